The number of hydrogen-bond donors (Lipinski definition) is 2. The molecule has 1 aromatic heterocycles. The molecule has 1 aliphatic carbocycles. The first-order chi connectivity index (χ1) is 7.75. The van der Waals surface area contributed by atoms with Crippen LogP contribution < -0.4 is 11.1 Å². The van der Waals surface area contributed by atoms with E-state index >= 15 is 0 Å². The van der Waals surface area contributed by atoms with Gasteiger partial charge < -0.3 is 11.1 Å². The van der Waals surface area contributed by atoms with Crippen molar-refractivity contribution in [3.05, 3.63) is 18.6 Å². The van der Waals surface area contributed by atoms with Gasteiger partial charge in [0.15, 0.2) is 5.82 Å². The summed E-state index contributed by atoms with van der Waals surface area (Å²) in [5.74, 6) is 0.535. The van der Waals surface area contributed by atoms with E-state index in [9.17, 15) is 4.79 Å². The fourth-order valence-electron chi connectivity index (χ4n) is 2.06. The maximum atomic E-state index is 11.9. The summed E-state index contributed by atoms with van der Waals surface area (Å²) >= 11 is 0. The van der Waals surface area contributed by atoms with Crippen molar-refractivity contribution in [2.75, 3.05) is 5.32 Å². The highest BCUT2D eigenvalue weighted by atomic mass is 16.1. The number of amides is 1. The molecule has 0 spiro atoms. The van der Waals surface area contributed by atoms with E-state index in [-0.39, 0.29) is 17.9 Å². The molecular weight excluding hydrogens is 204 g/mol. The molecule has 0 radical (unpaired) electrons. The molecule has 1 fully saturated rings. The summed E-state index contributed by atoms with van der Waals surface area (Å²) in [5.41, 5.74) is 5.85. The van der Waals surface area contributed by atoms with Crippen molar-refractivity contribution in [1.82, 2.24) is 9.97 Å². The summed E-state index contributed by atoms with van der Waals surface area (Å²) in [7, 11) is 0. The molecule has 16 heavy (non-hydrogen) atoms. The van der Waals surface area contributed by atoms with Crippen LogP contribution in [-0.4, -0.2) is 21.9 Å². The zero-order chi connectivity index (χ0) is 11.4. The summed E-state index contributed by atoms with van der Waals surface area (Å²) in [6.45, 7) is 0. The van der Waals surface area contributed by atoms with Crippen LogP contribution in [0.25, 0.3) is 0 Å². The van der Waals surface area contributed by atoms with Crippen LogP contribution in [0, 0.1) is 5.92 Å². The van der Waals surface area contributed by atoms with Gasteiger partial charge in [0, 0.05) is 24.4 Å². The topological polar surface area (TPSA) is 80.9 Å². The Kier molecular flexibility index (Phi) is 3.46. The van der Waals surface area contributed by atoms with Crippen LogP contribution in [0.2, 0.25) is 0 Å². The zero-order valence-electron chi connectivity index (χ0n) is 9.10. The Bertz CT molecular complexity index is 354. The van der Waals surface area contributed by atoms with Crippen LogP contribution in [0.5, 0.6) is 0 Å². The van der Waals surface area contributed by atoms with E-state index in [0.717, 1.165) is 25.7 Å². The minimum atomic E-state index is 0.00986. The molecule has 0 bridgehead atoms. The monoisotopic (exact) mass is 220 g/mol. The number of carbonyl (C=O) groups is 1. The van der Waals surface area contributed by atoms with Crippen LogP contribution in [0.1, 0.15) is 25.7 Å². The Labute approximate surface area is 94.5 Å². The van der Waals surface area contributed by atoms with Gasteiger partial charge in [0.05, 0.1) is 6.20 Å². The number of anilines is 1. The van der Waals surface area contributed by atoms with Crippen molar-refractivity contribution in [2.24, 2.45) is 11.7 Å². The van der Waals surface area contributed by atoms with Crippen LogP contribution >= 0.6 is 0 Å². The number of nitrogens with zero attached hydrogens (tertiary/aromatic N) is 2. The Hall–Kier alpha value is -1.49. The Balaban J connectivity index is 1.93. The molecule has 5 nitrogen and oxygen atoms in total. The first-order valence-electron chi connectivity index (χ1n) is 5.58. The molecular formula is C11H16N4O. The second-order valence-electron chi connectivity index (χ2n) is 4.20. The molecule has 1 amide bonds. The Morgan fingerprint density at radius 2 is 2.31 bits per heavy atom. The zero-order valence-corrected chi connectivity index (χ0v) is 9.10. The molecule has 0 saturated heterocycles. The first kappa shape index (κ1) is 11.0. The van der Waals surface area contributed by atoms with Crippen molar-refractivity contribution in [1.29, 1.82) is 0 Å². The highest BCUT2D eigenvalue weighted by molar-refractivity contribution is 5.91. The predicted molar refractivity (Wildman–Crippen MR) is 60.6 cm³/mol. The number of nitrogens with two attached hydrogens (primary N) is 1. The van der Waals surface area contributed by atoms with Gasteiger partial charge in [0.2, 0.25) is 5.91 Å². The van der Waals surface area contributed by atoms with E-state index in [1.165, 1.54) is 0 Å². The summed E-state index contributed by atoms with van der Waals surface area (Å²) in [6, 6.07) is 0.159. The summed E-state index contributed by atoms with van der Waals surface area (Å²) in [5, 5.41) is 2.76. The van der Waals surface area contributed by atoms with Gasteiger partial charge in [-0.2, -0.15) is 0 Å². The smallest absolute Gasteiger partial charge is 0.228 e. The highest BCUT2D eigenvalue weighted by Gasteiger charge is 2.25. The first-order valence-corrected chi connectivity index (χ1v) is 5.58. The highest BCUT2D eigenvalue weighted by Crippen LogP contribution is 2.23. The summed E-state index contributed by atoms with van der Waals surface area (Å²) < 4.78 is 0. The Morgan fingerprint density at radius 1 is 1.44 bits per heavy atom. The number of aromatic nitrogens is 2. The van der Waals surface area contributed by atoms with Gasteiger partial charge in [0.1, 0.15) is 0 Å². The lowest BCUT2D eigenvalue weighted by molar-refractivity contribution is -0.120. The van der Waals surface area contributed by atoms with Gasteiger partial charge >= 0.3 is 0 Å². The lowest BCUT2D eigenvalue weighted by atomic mass is 9.85. The average molecular weight is 220 g/mol. The Morgan fingerprint density at radius 3 is 3.00 bits per heavy atom. The van der Waals surface area contributed by atoms with Crippen molar-refractivity contribution in [2.45, 2.75) is 31.7 Å². The summed E-state index contributed by atoms with van der Waals surface area (Å²) in [6.07, 6.45) is 8.41. The van der Waals surface area contributed by atoms with Crippen LogP contribution in [0.15, 0.2) is 18.6 Å². The van der Waals surface area contributed by atoms with Gasteiger partial charge in [-0.1, -0.05) is 6.42 Å². The lowest BCUT2D eigenvalue weighted by Gasteiger charge is -2.25. The number of carbonyl (C=O) groups excluding carboxylic acids is 1. The SMILES string of the molecule is NC1CCCC(C(=O)Nc2cnccn2)C1. The van der Waals surface area contributed by atoms with Crippen LogP contribution in [0.4, 0.5) is 5.82 Å². The third-order valence-electron chi connectivity index (χ3n) is 2.90. The van der Waals surface area contributed by atoms with Crippen molar-refractivity contribution < 1.29 is 4.79 Å². The van der Waals surface area contributed by atoms with E-state index in [2.05, 4.69) is 15.3 Å². The van der Waals surface area contributed by atoms with Gasteiger partial charge in [-0.05, 0) is 19.3 Å². The third-order valence-corrected chi connectivity index (χ3v) is 2.90. The molecule has 2 rings (SSSR count). The molecule has 1 aromatic rings. The van der Waals surface area contributed by atoms with Crippen LogP contribution in [-0.2, 0) is 4.79 Å². The molecule has 1 saturated carbocycles. The molecule has 3 N–H and O–H groups in total. The molecule has 2 unspecified atom stereocenters. The van der Waals surface area contributed by atoms with Gasteiger partial charge in [0.25, 0.3) is 0 Å². The molecule has 0 aromatic carbocycles. The van der Waals surface area contributed by atoms with Crippen molar-refractivity contribution >= 4 is 11.7 Å². The van der Waals surface area contributed by atoms with Gasteiger partial charge in [-0.15, -0.1) is 0 Å². The molecule has 0 aliphatic heterocycles. The van der Waals surface area contributed by atoms with Crippen molar-refractivity contribution in [3.63, 3.8) is 0 Å². The standard InChI is InChI=1S/C11H16N4O/c12-9-3-1-2-8(6-9)11(16)15-10-7-13-4-5-14-10/h4-5,7-9H,1-3,6,12H2,(H,14,15,16). The number of rotatable bonds is 2. The fourth-order valence-corrected chi connectivity index (χ4v) is 2.06. The molecule has 2 atom stereocenters. The second kappa shape index (κ2) is 5.03. The largest absolute Gasteiger partial charge is 0.328 e. The normalized spacial score (nSPS) is 25.1. The average Bonchev–Trinajstić information content (AvgIpc) is 2.30. The van der Waals surface area contributed by atoms with E-state index in [1.54, 1.807) is 18.6 Å². The predicted octanol–water partition coefficient (Wildman–Crippen LogP) is 0.933. The van der Waals surface area contributed by atoms with E-state index in [1.807, 2.05) is 0 Å². The van der Waals surface area contributed by atoms with E-state index in [4.69, 9.17) is 5.73 Å². The summed E-state index contributed by atoms with van der Waals surface area (Å²) in [4.78, 5) is 19.8. The minimum absolute atomic E-state index is 0.00986. The van der Waals surface area contributed by atoms with E-state index < -0.39 is 0 Å². The van der Waals surface area contributed by atoms with Gasteiger partial charge in [-0.3, -0.25) is 9.78 Å². The third kappa shape index (κ3) is 2.76. The molecule has 5 heteroatoms. The lowest BCUT2D eigenvalue weighted by Crippen LogP contribution is -2.34. The number of nitrogens with one attached hydrogen (secondary N) is 1. The molecule has 1 aliphatic rings. The quantitative estimate of drug-likeness (QED) is 0.777. The molecule has 86 valence electrons. The van der Waals surface area contributed by atoms with E-state index in [0.29, 0.717) is 5.82 Å². The maximum absolute atomic E-state index is 11.9. The minimum Gasteiger partial charge on any atom is -0.328 e. The van der Waals surface area contributed by atoms with Gasteiger partial charge in [-0.25, -0.2) is 4.98 Å². The van der Waals surface area contributed by atoms with Crippen molar-refractivity contribution in [3.8, 4) is 0 Å². The maximum Gasteiger partial charge on any atom is 0.228 e. The number of hydrogen-bond acceptors (Lipinski definition) is 4. The molecule has 1 heterocycles. The second-order valence-corrected chi connectivity index (χ2v) is 4.20. The van der Waals surface area contributed by atoms with Crippen LogP contribution in [0.3, 0.4) is 0 Å². The fraction of sp³-hybridized carbons (Fsp3) is 0.545.